The molecule has 0 amide bonds. The molecule has 0 aliphatic carbocycles. The Bertz CT molecular complexity index is 935. The lowest BCUT2D eigenvalue weighted by Gasteiger charge is -2.33. The van der Waals surface area contributed by atoms with Gasteiger partial charge in [-0.05, 0) is 42.2 Å². The maximum Gasteiger partial charge on any atom is 0.243 e. The highest BCUT2D eigenvalue weighted by Crippen LogP contribution is 2.29. The van der Waals surface area contributed by atoms with Crippen LogP contribution in [-0.2, 0) is 23.0 Å². The van der Waals surface area contributed by atoms with Gasteiger partial charge in [-0.2, -0.15) is 4.31 Å². The molecule has 0 aromatic heterocycles. The summed E-state index contributed by atoms with van der Waals surface area (Å²) in [7, 11) is -3.65. The molecule has 2 aromatic rings. The van der Waals surface area contributed by atoms with Crippen LogP contribution in [0.15, 0.2) is 47.4 Å². The molecule has 0 N–H and O–H groups in total. The number of sulfonamides is 1. The van der Waals surface area contributed by atoms with E-state index in [0.29, 0.717) is 13.1 Å². The summed E-state index contributed by atoms with van der Waals surface area (Å²) in [5.41, 5.74) is 2.71. The molecule has 2 aliphatic rings. The van der Waals surface area contributed by atoms with E-state index >= 15 is 0 Å². The predicted octanol–water partition coefficient (Wildman–Crippen LogP) is 3.30. The van der Waals surface area contributed by atoms with Gasteiger partial charge in [0, 0.05) is 32.2 Å². The number of rotatable bonds is 3. The van der Waals surface area contributed by atoms with Crippen molar-refractivity contribution in [2.24, 2.45) is 0 Å². The predicted molar refractivity (Wildman–Crippen MR) is 99.1 cm³/mol. The molecule has 1 atom stereocenters. The van der Waals surface area contributed by atoms with E-state index in [4.69, 9.17) is 11.6 Å². The summed E-state index contributed by atoms with van der Waals surface area (Å²) in [4.78, 5) is 2.42. The van der Waals surface area contributed by atoms with Gasteiger partial charge in [-0.1, -0.05) is 35.9 Å². The average Bonchev–Trinajstić information content (AvgIpc) is 3.14. The lowest BCUT2D eigenvalue weighted by atomic mass is 9.98. The molecule has 7 heteroatoms. The minimum atomic E-state index is -3.65. The minimum absolute atomic E-state index is 0.0496. The molecule has 0 saturated carbocycles. The first-order chi connectivity index (χ1) is 12.4. The van der Waals surface area contributed by atoms with Gasteiger partial charge in [0.25, 0.3) is 0 Å². The topological polar surface area (TPSA) is 40.6 Å². The molecular weight excluding hydrogens is 375 g/mol. The lowest BCUT2D eigenvalue weighted by molar-refractivity contribution is 0.185. The Labute approximate surface area is 158 Å². The molecule has 2 heterocycles. The third kappa shape index (κ3) is 3.27. The van der Waals surface area contributed by atoms with Crippen LogP contribution in [0.1, 0.15) is 17.5 Å². The summed E-state index contributed by atoms with van der Waals surface area (Å²) in [6.07, 6.45) is 1.79. The van der Waals surface area contributed by atoms with Gasteiger partial charge < -0.3 is 0 Å². The second-order valence-electron chi connectivity index (χ2n) is 6.87. The molecular formula is C19H20ClFN2O2S. The van der Waals surface area contributed by atoms with Crippen LogP contribution in [0.4, 0.5) is 4.39 Å². The fraction of sp³-hybridized carbons (Fsp3) is 0.368. The number of benzene rings is 2. The summed E-state index contributed by atoms with van der Waals surface area (Å²) in [6, 6.07) is 12.2. The zero-order valence-electron chi connectivity index (χ0n) is 14.2. The molecule has 2 aliphatic heterocycles. The van der Waals surface area contributed by atoms with E-state index in [1.54, 1.807) is 0 Å². The van der Waals surface area contributed by atoms with Crippen LogP contribution in [0, 0.1) is 5.82 Å². The van der Waals surface area contributed by atoms with Crippen molar-refractivity contribution in [1.29, 1.82) is 0 Å². The number of halogens is 2. The highest BCUT2D eigenvalue weighted by atomic mass is 35.5. The normalized spacial score (nSPS) is 21.7. The van der Waals surface area contributed by atoms with Gasteiger partial charge in [0.2, 0.25) is 10.0 Å². The smallest absolute Gasteiger partial charge is 0.243 e. The van der Waals surface area contributed by atoms with Gasteiger partial charge in [0.05, 0.1) is 9.92 Å². The van der Waals surface area contributed by atoms with E-state index in [1.165, 1.54) is 27.6 Å². The van der Waals surface area contributed by atoms with Crippen LogP contribution in [0.25, 0.3) is 0 Å². The molecule has 0 spiro atoms. The van der Waals surface area contributed by atoms with Gasteiger partial charge in [0.15, 0.2) is 0 Å². The molecule has 0 radical (unpaired) electrons. The van der Waals surface area contributed by atoms with Gasteiger partial charge in [-0.25, -0.2) is 12.8 Å². The maximum atomic E-state index is 13.3. The molecule has 1 fully saturated rings. The van der Waals surface area contributed by atoms with Crippen LogP contribution in [0.5, 0.6) is 0 Å². The fourth-order valence-corrected chi connectivity index (χ4v) is 5.61. The summed E-state index contributed by atoms with van der Waals surface area (Å²) >= 11 is 5.76. The number of fused-ring (bicyclic) bond motifs is 1. The van der Waals surface area contributed by atoms with Crippen molar-refractivity contribution < 1.29 is 12.8 Å². The van der Waals surface area contributed by atoms with Crippen molar-refractivity contribution in [3.8, 4) is 0 Å². The molecule has 0 unspecified atom stereocenters. The zero-order chi connectivity index (χ0) is 18.3. The average molecular weight is 395 g/mol. The van der Waals surface area contributed by atoms with E-state index in [1.807, 2.05) is 6.07 Å². The van der Waals surface area contributed by atoms with Gasteiger partial charge in [-0.15, -0.1) is 0 Å². The van der Waals surface area contributed by atoms with Crippen molar-refractivity contribution in [2.75, 3.05) is 19.6 Å². The Balaban J connectivity index is 1.49. The summed E-state index contributed by atoms with van der Waals surface area (Å²) < 4.78 is 40.5. The van der Waals surface area contributed by atoms with E-state index in [0.717, 1.165) is 32.0 Å². The van der Waals surface area contributed by atoms with Gasteiger partial charge in [-0.3, -0.25) is 4.90 Å². The van der Waals surface area contributed by atoms with Crippen molar-refractivity contribution >= 4 is 21.6 Å². The first-order valence-corrected chi connectivity index (χ1v) is 10.5. The first-order valence-electron chi connectivity index (χ1n) is 8.71. The molecule has 1 saturated heterocycles. The Morgan fingerprint density at radius 2 is 1.85 bits per heavy atom. The number of hydrogen-bond acceptors (Lipinski definition) is 3. The highest BCUT2D eigenvalue weighted by molar-refractivity contribution is 7.89. The Kier molecular flexibility index (Phi) is 4.77. The van der Waals surface area contributed by atoms with Gasteiger partial charge >= 0.3 is 0 Å². The Hall–Kier alpha value is -1.47. The summed E-state index contributed by atoms with van der Waals surface area (Å²) in [5.74, 6) is -0.614. The van der Waals surface area contributed by atoms with Crippen LogP contribution in [-0.4, -0.2) is 43.3 Å². The maximum absolute atomic E-state index is 13.3. The molecule has 4 rings (SSSR count). The molecule has 4 nitrogen and oxygen atoms in total. The zero-order valence-corrected chi connectivity index (χ0v) is 15.8. The van der Waals surface area contributed by atoms with E-state index in [-0.39, 0.29) is 16.0 Å². The first kappa shape index (κ1) is 17.9. The minimum Gasteiger partial charge on any atom is -0.294 e. The number of hydrogen-bond donors (Lipinski definition) is 0. The Morgan fingerprint density at radius 1 is 1.08 bits per heavy atom. The Morgan fingerprint density at radius 3 is 2.62 bits per heavy atom. The quantitative estimate of drug-likeness (QED) is 0.802. The standard InChI is InChI=1S/C19H20ClFN2O2S/c20-18-11-17(5-6-19(18)21)26(24,25)23-10-8-16(13-23)22-9-7-14-3-1-2-4-15(14)12-22/h1-6,11,16H,7-10,12-13H2/t16-/m1/s1. The van der Waals surface area contributed by atoms with Crippen LogP contribution >= 0.6 is 11.6 Å². The van der Waals surface area contributed by atoms with Crippen molar-refractivity contribution in [3.05, 3.63) is 64.4 Å². The van der Waals surface area contributed by atoms with Crippen LogP contribution in [0.3, 0.4) is 0 Å². The fourth-order valence-electron chi connectivity index (χ4n) is 3.84. The van der Waals surface area contributed by atoms with E-state index < -0.39 is 15.8 Å². The molecule has 0 bridgehead atoms. The van der Waals surface area contributed by atoms with Crippen molar-refractivity contribution in [1.82, 2.24) is 9.21 Å². The van der Waals surface area contributed by atoms with Gasteiger partial charge in [0.1, 0.15) is 5.82 Å². The largest absolute Gasteiger partial charge is 0.294 e. The third-order valence-electron chi connectivity index (χ3n) is 5.33. The monoisotopic (exact) mass is 394 g/mol. The van der Waals surface area contributed by atoms with Crippen LogP contribution in [0.2, 0.25) is 5.02 Å². The summed E-state index contributed by atoms with van der Waals surface area (Å²) in [5, 5.41) is -0.172. The second-order valence-corrected chi connectivity index (χ2v) is 9.22. The summed E-state index contributed by atoms with van der Waals surface area (Å²) in [6.45, 7) is 2.73. The number of nitrogens with zero attached hydrogens (tertiary/aromatic N) is 2. The third-order valence-corrected chi connectivity index (χ3v) is 7.48. The second kappa shape index (κ2) is 6.93. The van der Waals surface area contributed by atoms with E-state index in [2.05, 4.69) is 23.1 Å². The molecule has 138 valence electrons. The van der Waals surface area contributed by atoms with Crippen LogP contribution < -0.4 is 0 Å². The SMILES string of the molecule is O=S(=O)(c1ccc(F)c(Cl)c1)N1CC[C@@H](N2CCc3ccccc3C2)C1. The highest BCUT2D eigenvalue weighted by Gasteiger charge is 2.36. The van der Waals surface area contributed by atoms with Crippen molar-refractivity contribution in [3.63, 3.8) is 0 Å². The van der Waals surface area contributed by atoms with E-state index in [9.17, 15) is 12.8 Å². The lowest BCUT2D eigenvalue weighted by Crippen LogP contribution is -2.41. The molecule has 2 aromatic carbocycles. The van der Waals surface area contributed by atoms with Crippen molar-refractivity contribution in [2.45, 2.75) is 30.3 Å². The molecule has 26 heavy (non-hydrogen) atoms.